The molecule has 6 heteroatoms. The first-order valence-corrected chi connectivity index (χ1v) is 10.1. The third-order valence-electron chi connectivity index (χ3n) is 4.88. The van der Waals surface area contributed by atoms with Crippen molar-refractivity contribution in [2.75, 3.05) is 13.1 Å². The first-order valence-electron chi connectivity index (χ1n) is 8.67. The fourth-order valence-corrected chi connectivity index (χ4v) is 5.56. The molecule has 5 nitrogen and oxygen atoms in total. The molecule has 1 aromatic carbocycles. The zero-order valence-corrected chi connectivity index (χ0v) is 15.4. The number of benzene rings is 1. The highest BCUT2D eigenvalue weighted by atomic mass is 32.2. The number of hydrogen-bond donors (Lipinski definition) is 1. The van der Waals surface area contributed by atoms with Gasteiger partial charge >= 0.3 is 0 Å². The van der Waals surface area contributed by atoms with Crippen LogP contribution in [0.1, 0.15) is 42.4 Å². The molecule has 1 heterocycles. The highest BCUT2D eigenvalue weighted by Crippen LogP contribution is 2.29. The van der Waals surface area contributed by atoms with Crippen LogP contribution in [0.15, 0.2) is 17.0 Å². The minimum absolute atomic E-state index is 0.00903. The van der Waals surface area contributed by atoms with Gasteiger partial charge < -0.3 is 5.32 Å². The molecule has 1 atom stereocenters. The first-order chi connectivity index (χ1) is 11.3. The van der Waals surface area contributed by atoms with E-state index in [1.54, 1.807) is 0 Å². The zero-order valence-electron chi connectivity index (χ0n) is 14.6. The molecule has 1 aromatic rings. The van der Waals surface area contributed by atoms with Crippen LogP contribution in [0.2, 0.25) is 0 Å². The van der Waals surface area contributed by atoms with Crippen molar-refractivity contribution in [1.29, 1.82) is 0 Å². The molecule has 0 spiro atoms. The summed E-state index contributed by atoms with van der Waals surface area (Å²) in [7, 11) is -3.57. The topological polar surface area (TPSA) is 66.5 Å². The van der Waals surface area contributed by atoms with E-state index in [0.717, 1.165) is 42.4 Å². The van der Waals surface area contributed by atoms with Gasteiger partial charge in [0.1, 0.15) is 0 Å². The van der Waals surface area contributed by atoms with Crippen LogP contribution in [0.5, 0.6) is 0 Å². The molecule has 1 aliphatic carbocycles. The van der Waals surface area contributed by atoms with Crippen molar-refractivity contribution in [2.24, 2.45) is 5.92 Å². The van der Waals surface area contributed by atoms with E-state index in [0.29, 0.717) is 17.5 Å². The Morgan fingerprint density at radius 2 is 1.75 bits per heavy atom. The second-order valence-electron chi connectivity index (χ2n) is 7.21. The average molecular weight is 350 g/mol. The van der Waals surface area contributed by atoms with Crippen LogP contribution in [0.4, 0.5) is 0 Å². The Morgan fingerprint density at radius 1 is 1.12 bits per heavy atom. The highest BCUT2D eigenvalue weighted by molar-refractivity contribution is 7.89. The molecule has 0 unspecified atom stereocenters. The van der Waals surface area contributed by atoms with Crippen molar-refractivity contribution in [2.45, 2.75) is 57.4 Å². The molecular formula is C18H26N2O3S. The second kappa shape index (κ2) is 6.48. The molecule has 3 rings (SSSR count). The number of carbonyl (C=O) groups is 1. The fraction of sp³-hybridized carbons (Fsp3) is 0.611. The number of nitrogens with one attached hydrogen (secondary N) is 1. The van der Waals surface area contributed by atoms with Gasteiger partial charge in [-0.05, 0) is 57.6 Å². The smallest absolute Gasteiger partial charge is 0.243 e. The molecule has 1 saturated carbocycles. The third kappa shape index (κ3) is 3.49. The molecule has 0 aromatic heterocycles. The average Bonchev–Trinajstić information content (AvgIpc) is 3.30. The number of carbonyl (C=O) groups excluding carboxylic acids is 1. The van der Waals surface area contributed by atoms with E-state index in [4.69, 9.17) is 0 Å². The molecule has 1 aliphatic heterocycles. The molecule has 24 heavy (non-hydrogen) atoms. The summed E-state index contributed by atoms with van der Waals surface area (Å²) in [4.78, 5) is 12.7. The van der Waals surface area contributed by atoms with Crippen molar-refractivity contribution in [3.05, 3.63) is 28.8 Å². The van der Waals surface area contributed by atoms with E-state index in [1.165, 1.54) is 4.31 Å². The van der Waals surface area contributed by atoms with E-state index in [1.807, 2.05) is 32.9 Å². The van der Waals surface area contributed by atoms with Crippen molar-refractivity contribution in [1.82, 2.24) is 9.62 Å². The second-order valence-corrected chi connectivity index (χ2v) is 9.09. The monoisotopic (exact) mass is 350 g/mol. The Bertz CT molecular complexity index is 731. The summed E-state index contributed by atoms with van der Waals surface area (Å²) in [6.45, 7) is 6.42. The van der Waals surface area contributed by atoms with Crippen molar-refractivity contribution >= 4 is 15.9 Å². The summed E-state index contributed by atoms with van der Waals surface area (Å²) >= 11 is 0. The molecule has 2 fully saturated rings. The number of sulfonamides is 1. The number of aryl methyl sites for hydroxylation is 3. The van der Waals surface area contributed by atoms with Gasteiger partial charge in [0, 0.05) is 19.1 Å². The molecule has 0 radical (unpaired) electrons. The fourth-order valence-electron chi connectivity index (χ4n) is 3.62. The van der Waals surface area contributed by atoms with Crippen molar-refractivity contribution in [3.8, 4) is 0 Å². The molecule has 0 bridgehead atoms. The van der Waals surface area contributed by atoms with Gasteiger partial charge in [0.15, 0.2) is 0 Å². The maximum Gasteiger partial charge on any atom is 0.243 e. The van der Waals surface area contributed by atoms with Gasteiger partial charge in [-0.1, -0.05) is 17.7 Å². The molecular weight excluding hydrogens is 324 g/mol. The Labute approximate surface area is 144 Å². The molecule has 1 saturated heterocycles. The zero-order chi connectivity index (χ0) is 17.5. The van der Waals surface area contributed by atoms with Crippen LogP contribution >= 0.6 is 0 Å². The van der Waals surface area contributed by atoms with Gasteiger partial charge in [0.25, 0.3) is 0 Å². The van der Waals surface area contributed by atoms with E-state index in [-0.39, 0.29) is 18.4 Å². The quantitative estimate of drug-likeness (QED) is 0.906. The first kappa shape index (κ1) is 17.4. The SMILES string of the molecule is Cc1cc(C)c(S(=O)(=O)N2CCC[C@@H](C(=O)NC3CC3)C2)c(C)c1. The predicted molar refractivity (Wildman–Crippen MR) is 93.3 cm³/mol. The van der Waals surface area contributed by atoms with Gasteiger partial charge in [-0.25, -0.2) is 8.42 Å². The third-order valence-corrected chi connectivity index (χ3v) is 7.05. The maximum absolute atomic E-state index is 13.1. The summed E-state index contributed by atoms with van der Waals surface area (Å²) in [6, 6.07) is 4.12. The van der Waals surface area contributed by atoms with Gasteiger partial charge in [0.2, 0.25) is 15.9 Å². The summed E-state index contributed by atoms with van der Waals surface area (Å²) in [6.07, 6.45) is 3.58. The van der Waals surface area contributed by atoms with Gasteiger partial charge in [-0.3, -0.25) is 4.79 Å². The maximum atomic E-state index is 13.1. The van der Waals surface area contributed by atoms with Gasteiger partial charge in [-0.2, -0.15) is 4.31 Å². The largest absolute Gasteiger partial charge is 0.353 e. The lowest BCUT2D eigenvalue weighted by Gasteiger charge is -2.32. The van der Waals surface area contributed by atoms with Crippen molar-refractivity contribution in [3.63, 3.8) is 0 Å². The van der Waals surface area contributed by atoms with E-state index in [9.17, 15) is 13.2 Å². The Kier molecular flexibility index (Phi) is 4.71. The number of piperidine rings is 1. The van der Waals surface area contributed by atoms with Gasteiger partial charge in [-0.15, -0.1) is 0 Å². The van der Waals surface area contributed by atoms with Crippen LogP contribution in [-0.2, 0) is 14.8 Å². The van der Waals surface area contributed by atoms with E-state index < -0.39 is 10.0 Å². The Balaban J connectivity index is 1.82. The lowest BCUT2D eigenvalue weighted by atomic mass is 9.99. The van der Waals surface area contributed by atoms with E-state index in [2.05, 4.69) is 5.32 Å². The van der Waals surface area contributed by atoms with Crippen LogP contribution in [0, 0.1) is 26.7 Å². The Morgan fingerprint density at radius 3 is 2.33 bits per heavy atom. The predicted octanol–water partition coefficient (Wildman–Crippen LogP) is 2.29. The summed E-state index contributed by atoms with van der Waals surface area (Å²) in [5.41, 5.74) is 2.61. The Hall–Kier alpha value is -1.40. The number of rotatable bonds is 4. The summed E-state index contributed by atoms with van der Waals surface area (Å²) in [5, 5.41) is 3.01. The minimum Gasteiger partial charge on any atom is -0.353 e. The summed E-state index contributed by atoms with van der Waals surface area (Å²) in [5.74, 6) is -0.227. The van der Waals surface area contributed by atoms with Crippen LogP contribution in [-0.4, -0.2) is 37.8 Å². The molecule has 132 valence electrons. The lowest BCUT2D eigenvalue weighted by Crippen LogP contribution is -2.46. The van der Waals surface area contributed by atoms with Crippen LogP contribution < -0.4 is 5.32 Å². The van der Waals surface area contributed by atoms with Crippen molar-refractivity contribution < 1.29 is 13.2 Å². The normalized spacial score (nSPS) is 22.4. The van der Waals surface area contributed by atoms with Crippen LogP contribution in [0.25, 0.3) is 0 Å². The number of nitrogens with zero attached hydrogens (tertiary/aromatic N) is 1. The lowest BCUT2D eigenvalue weighted by molar-refractivity contribution is -0.126. The van der Waals surface area contributed by atoms with E-state index >= 15 is 0 Å². The van der Waals surface area contributed by atoms with Crippen LogP contribution in [0.3, 0.4) is 0 Å². The number of hydrogen-bond acceptors (Lipinski definition) is 3. The number of amides is 1. The minimum atomic E-state index is -3.57. The molecule has 2 aliphatic rings. The summed E-state index contributed by atoms with van der Waals surface area (Å²) < 4.78 is 27.8. The molecule has 1 amide bonds. The highest BCUT2D eigenvalue weighted by Gasteiger charge is 2.36. The standard InChI is InChI=1S/C18H26N2O3S/c1-12-9-13(2)17(14(3)10-12)24(22,23)20-8-4-5-15(11-20)18(21)19-16-6-7-16/h9-10,15-16H,4-8,11H2,1-3H3,(H,19,21)/t15-/m1/s1. The molecule has 1 N–H and O–H groups in total. The van der Waals surface area contributed by atoms with Gasteiger partial charge in [0.05, 0.1) is 10.8 Å².